The molecule has 2 unspecified atom stereocenters. The summed E-state index contributed by atoms with van der Waals surface area (Å²) in [5.41, 5.74) is 2.72. The second-order valence-corrected chi connectivity index (χ2v) is 15.3. The van der Waals surface area contributed by atoms with Gasteiger partial charge in [0.2, 0.25) is 15.9 Å². The third-order valence-electron chi connectivity index (χ3n) is 10.1. The Kier molecular flexibility index (Phi) is 8.54. The number of hydrogen-bond acceptors (Lipinski definition) is 9. The number of rotatable bonds is 10. The number of hydrogen-bond donors (Lipinski definition) is 0. The lowest BCUT2D eigenvalue weighted by Crippen LogP contribution is -2.39. The summed E-state index contributed by atoms with van der Waals surface area (Å²) < 4.78 is 40.3. The smallest absolute Gasteiger partial charge is 0.275 e. The number of fused-ring (bicyclic) bond motifs is 1. The molecule has 3 aliphatic heterocycles. The third-order valence-corrected chi connectivity index (χ3v) is 12.3. The highest BCUT2D eigenvalue weighted by molar-refractivity contribution is 7.89. The van der Waals surface area contributed by atoms with Crippen LogP contribution in [0.15, 0.2) is 46.0 Å². The number of ether oxygens (including phenoxy) is 1. The van der Waals surface area contributed by atoms with Gasteiger partial charge >= 0.3 is 0 Å². The van der Waals surface area contributed by atoms with E-state index in [1.165, 1.54) is 29.0 Å². The molecule has 12 heteroatoms. The number of carbonyl (C=O) groups excluding carboxylic acids is 1. The first kappa shape index (κ1) is 31.1. The molecule has 2 atom stereocenters. The largest absolute Gasteiger partial charge is 0.497 e. The molecule has 3 saturated heterocycles. The van der Waals surface area contributed by atoms with Crippen molar-refractivity contribution in [2.45, 2.75) is 70.0 Å². The number of likely N-dealkylation sites (tertiary alicyclic amines) is 2. The van der Waals surface area contributed by atoms with Crippen LogP contribution in [-0.2, 0) is 23.1 Å². The van der Waals surface area contributed by atoms with Gasteiger partial charge in [0, 0.05) is 51.5 Å². The maximum absolute atomic E-state index is 13.9. The van der Waals surface area contributed by atoms with Crippen LogP contribution in [0.2, 0.25) is 0 Å². The first-order valence-corrected chi connectivity index (χ1v) is 18.0. The molecule has 0 spiro atoms. The lowest BCUT2D eigenvalue weighted by molar-refractivity contribution is 0.0777. The van der Waals surface area contributed by atoms with E-state index in [0.717, 1.165) is 57.8 Å². The molecular weight excluding hydrogens is 604 g/mol. The fourth-order valence-electron chi connectivity index (χ4n) is 7.56. The van der Waals surface area contributed by atoms with Crippen molar-refractivity contribution >= 4 is 21.7 Å². The van der Waals surface area contributed by atoms with E-state index in [4.69, 9.17) is 14.1 Å². The fourth-order valence-corrected chi connectivity index (χ4v) is 9.61. The molecule has 246 valence electrons. The Labute approximate surface area is 271 Å². The molecule has 0 radical (unpaired) electrons. The average Bonchev–Trinajstić information content (AvgIpc) is 3.39. The predicted molar refractivity (Wildman–Crippen MR) is 173 cm³/mol. The van der Waals surface area contributed by atoms with E-state index in [1.807, 2.05) is 11.1 Å². The highest BCUT2D eigenvalue weighted by Gasteiger charge is 2.42. The Bertz CT molecular complexity index is 1660. The molecule has 1 amide bonds. The zero-order valence-electron chi connectivity index (χ0n) is 27.0. The first-order chi connectivity index (χ1) is 22.2. The van der Waals surface area contributed by atoms with Gasteiger partial charge in [0.15, 0.2) is 5.69 Å². The third kappa shape index (κ3) is 6.26. The number of aryl methyl sites for hydroxylation is 2. The van der Waals surface area contributed by atoms with Crippen molar-refractivity contribution in [3.05, 3.63) is 65.0 Å². The summed E-state index contributed by atoms with van der Waals surface area (Å²) in [6.07, 6.45) is 8.50. The lowest BCUT2D eigenvalue weighted by Gasteiger charge is -2.34. The van der Waals surface area contributed by atoms with E-state index in [0.29, 0.717) is 41.8 Å². The summed E-state index contributed by atoms with van der Waals surface area (Å²) in [5, 5.41) is 0. The molecule has 0 N–H and O–H groups in total. The predicted octanol–water partition coefficient (Wildman–Crippen LogP) is 4.24. The van der Waals surface area contributed by atoms with Gasteiger partial charge in [-0.25, -0.2) is 18.4 Å². The summed E-state index contributed by atoms with van der Waals surface area (Å²) in [4.78, 5) is 29.8. The van der Waals surface area contributed by atoms with Crippen LogP contribution in [0.25, 0.3) is 0 Å². The Balaban J connectivity index is 0.975. The van der Waals surface area contributed by atoms with Crippen molar-refractivity contribution in [2.24, 2.45) is 11.8 Å². The first-order valence-electron chi connectivity index (χ1n) is 16.5. The van der Waals surface area contributed by atoms with Gasteiger partial charge in [-0.2, -0.15) is 4.31 Å². The highest BCUT2D eigenvalue weighted by Crippen LogP contribution is 2.37. The number of benzene rings is 1. The monoisotopic (exact) mass is 648 g/mol. The second kappa shape index (κ2) is 12.6. The Morgan fingerprint density at radius 2 is 1.76 bits per heavy atom. The van der Waals surface area contributed by atoms with Crippen LogP contribution < -0.4 is 9.64 Å². The van der Waals surface area contributed by atoms with E-state index in [2.05, 4.69) is 26.9 Å². The molecule has 5 heterocycles. The molecule has 4 aliphatic rings. The zero-order chi connectivity index (χ0) is 32.0. The van der Waals surface area contributed by atoms with Gasteiger partial charge in [0.25, 0.3) is 5.91 Å². The number of anilines is 1. The van der Waals surface area contributed by atoms with Gasteiger partial charge in [-0.15, -0.1) is 0 Å². The van der Waals surface area contributed by atoms with Gasteiger partial charge in [-0.05, 0) is 99.2 Å². The van der Waals surface area contributed by atoms with Crippen LogP contribution in [0.4, 0.5) is 5.82 Å². The van der Waals surface area contributed by atoms with E-state index in [1.54, 1.807) is 33.1 Å². The summed E-state index contributed by atoms with van der Waals surface area (Å²) >= 11 is 0. The molecule has 11 nitrogen and oxygen atoms in total. The molecular formula is C34H44N6O5S. The van der Waals surface area contributed by atoms with Crippen LogP contribution in [0.1, 0.15) is 65.2 Å². The molecule has 2 aromatic heterocycles. The number of piperidine rings is 1. The van der Waals surface area contributed by atoms with Crippen LogP contribution in [0.5, 0.6) is 5.75 Å². The van der Waals surface area contributed by atoms with Crippen LogP contribution in [-0.4, -0.2) is 90.8 Å². The molecule has 1 aliphatic carbocycles. The van der Waals surface area contributed by atoms with Crippen LogP contribution in [0, 0.1) is 25.7 Å². The maximum Gasteiger partial charge on any atom is 0.275 e. The number of nitrogens with zero attached hydrogens (tertiary/aromatic N) is 6. The molecule has 0 bridgehead atoms. The van der Waals surface area contributed by atoms with Gasteiger partial charge in [-0.1, -0.05) is 6.07 Å². The maximum atomic E-state index is 13.9. The van der Waals surface area contributed by atoms with E-state index in [9.17, 15) is 13.2 Å². The van der Waals surface area contributed by atoms with Gasteiger partial charge in [0.05, 0.1) is 18.6 Å². The Morgan fingerprint density at radius 3 is 2.43 bits per heavy atom. The number of aromatic nitrogens is 2. The number of oxazole rings is 1. The van der Waals surface area contributed by atoms with Crippen molar-refractivity contribution in [2.75, 3.05) is 51.3 Å². The molecule has 46 heavy (non-hydrogen) atoms. The molecule has 1 saturated carbocycles. The van der Waals surface area contributed by atoms with Gasteiger partial charge in [-0.3, -0.25) is 9.69 Å². The number of methoxy groups -OCH3 is 1. The Morgan fingerprint density at radius 1 is 1.02 bits per heavy atom. The summed E-state index contributed by atoms with van der Waals surface area (Å²) in [6.45, 7) is 9.96. The van der Waals surface area contributed by atoms with Gasteiger partial charge in [0.1, 0.15) is 17.8 Å². The minimum absolute atomic E-state index is 0.0146. The SMILES string of the molecule is COc1cc(C)c(S(=O)(=O)N(Cc2nc(C(=O)N3CC4CCN(Cc5ccc(N6CCCC6)nc5)CC4C3)co2)C2CC2)c(C)c1. The standard InChI is InChI=1S/C34H44N6O5S/c1-23-14-29(44-3)15-24(2)33(23)46(42,43)40(28-7-8-28)21-32-36-30(22-45-32)34(41)39-19-26-10-13-37(18-27(26)20-39)17-25-6-9-31(35-16-25)38-11-4-5-12-38/h6,9,14-16,22,26-28H,4-5,7-8,10-13,17-21H2,1-3H3. The average molecular weight is 649 g/mol. The van der Waals surface area contributed by atoms with E-state index in [-0.39, 0.29) is 35.0 Å². The number of pyridine rings is 1. The van der Waals surface area contributed by atoms with Gasteiger partial charge < -0.3 is 19.0 Å². The number of carbonyl (C=O) groups is 1. The summed E-state index contributed by atoms with van der Waals surface area (Å²) in [6, 6.07) is 7.72. The van der Waals surface area contributed by atoms with E-state index < -0.39 is 10.0 Å². The topological polar surface area (TPSA) is 112 Å². The number of amides is 1. The van der Waals surface area contributed by atoms with Crippen LogP contribution >= 0.6 is 0 Å². The summed E-state index contributed by atoms with van der Waals surface area (Å²) in [5.74, 6) is 2.65. The molecule has 1 aromatic carbocycles. The quantitative estimate of drug-likeness (QED) is 0.319. The minimum Gasteiger partial charge on any atom is -0.497 e. The molecule has 7 rings (SSSR count). The molecule has 4 fully saturated rings. The van der Waals surface area contributed by atoms with Crippen molar-refractivity contribution in [3.63, 3.8) is 0 Å². The van der Waals surface area contributed by atoms with Crippen molar-refractivity contribution in [1.29, 1.82) is 0 Å². The molecule has 3 aromatic rings. The highest BCUT2D eigenvalue weighted by atomic mass is 32.2. The van der Waals surface area contributed by atoms with Crippen LogP contribution in [0.3, 0.4) is 0 Å². The second-order valence-electron chi connectivity index (χ2n) is 13.5. The minimum atomic E-state index is -3.83. The summed E-state index contributed by atoms with van der Waals surface area (Å²) in [7, 11) is -2.26. The van der Waals surface area contributed by atoms with Crippen molar-refractivity contribution in [1.82, 2.24) is 24.1 Å². The lowest BCUT2D eigenvalue weighted by atomic mass is 9.88. The zero-order valence-corrected chi connectivity index (χ0v) is 27.8. The fraction of sp³-hybridized carbons (Fsp3) is 0.559. The Hall–Kier alpha value is -3.48. The normalized spacial score (nSPS) is 22.1. The number of sulfonamides is 1. The van der Waals surface area contributed by atoms with Crippen molar-refractivity contribution in [3.8, 4) is 5.75 Å². The van der Waals surface area contributed by atoms with Crippen molar-refractivity contribution < 1.29 is 22.4 Å². The van der Waals surface area contributed by atoms with E-state index >= 15 is 0 Å².